The molecule has 3 N–H and O–H groups in total. The summed E-state index contributed by atoms with van der Waals surface area (Å²) in [5.74, 6) is -0.422. The Bertz CT molecular complexity index is 1300. The molecule has 1 aromatic heterocycles. The zero-order valence-corrected chi connectivity index (χ0v) is 19.5. The molecule has 176 valence electrons. The molecule has 34 heavy (non-hydrogen) atoms. The van der Waals surface area contributed by atoms with Crippen LogP contribution in [0.15, 0.2) is 66.9 Å². The molecular weight excluding hydrogens is 455 g/mol. The van der Waals surface area contributed by atoms with Crippen LogP contribution in [0.25, 0.3) is 22.0 Å². The summed E-state index contributed by atoms with van der Waals surface area (Å²) in [6.45, 7) is 2.22. The molecule has 4 rings (SSSR count). The topological polar surface area (TPSA) is 74.3 Å². The highest BCUT2D eigenvalue weighted by molar-refractivity contribution is 6.31. The zero-order valence-electron chi connectivity index (χ0n) is 18.8. The third-order valence-corrected chi connectivity index (χ3v) is 5.93. The fourth-order valence-electron chi connectivity index (χ4n) is 3.89. The van der Waals surface area contributed by atoms with Crippen LogP contribution in [0.2, 0.25) is 5.02 Å². The molecule has 3 aromatic carbocycles. The normalized spacial score (nSPS) is 12.0. The molecule has 0 bridgehead atoms. The van der Waals surface area contributed by atoms with Crippen LogP contribution in [-0.2, 0) is 6.42 Å². The summed E-state index contributed by atoms with van der Waals surface area (Å²) in [6, 6.07) is 17.1. The van der Waals surface area contributed by atoms with Crippen molar-refractivity contribution in [3.8, 4) is 16.9 Å². The van der Waals surface area contributed by atoms with Crippen molar-refractivity contribution < 1.29 is 19.0 Å². The Morgan fingerprint density at radius 3 is 2.68 bits per heavy atom. The number of nitrogens with one attached hydrogen (secondary N) is 2. The number of para-hydroxylation sites is 1. The highest BCUT2D eigenvalue weighted by atomic mass is 35.5. The molecule has 1 heterocycles. The monoisotopic (exact) mass is 480 g/mol. The van der Waals surface area contributed by atoms with E-state index < -0.39 is 11.9 Å². The van der Waals surface area contributed by atoms with Crippen molar-refractivity contribution in [2.75, 3.05) is 13.2 Å². The summed E-state index contributed by atoms with van der Waals surface area (Å²) in [5.41, 5.74) is 3.73. The maximum atomic E-state index is 13.6. The van der Waals surface area contributed by atoms with Gasteiger partial charge in [-0.05, 0) is 59.9 Å². The summed E-state index contributed by atoms with van der Waals surface area (Å²) >= 11 is 5.95. The smallest absolute Gasteiger partial charge is 0.255 e. The first-order valence-electron chi connectivity index (χ1n) is 11.2. The number of aliphatic hydroxyl groups excluding tert-OH is 1. The van der Waals surface area contributed by atoms with Gasteiger partial charge < -0.3 is 20.1 Å². The molecule has 0 radical (unpaired) electrons. The minimum atomic E-state index is -0.505. The van der Waals surface area contributed by atoms with Gasteiger partial charge in [0.15, 0.2) is 0 Å². The van der Waals surface area contributed by atoms with E-state index in [1.54, 1.807) is 24.3 Å². The number of aromatic nitrogens is 1. The first-order valence-corrected chi connectivity index (χ1v) is 11.6. The molecule has 4 aromatic rings. The number of hydrogen-bond donors (Lipinski definition) is 3. The van der Waals surface area contributed by atoms with Gasteiger partial charge in [-0.2, -0.15) is 0 Å². The van der Waals surface area contributed by atoms with Crippen LogP contribution in [0.1, 0.15) is 29.3 Å². The molecule has 0 aliphatic carbocycles. The number of rotatable bonds is 9. The van der Waals surface area contributed by atoms with E-state index in [2.05, 4.69) is 10.3 Å². The molecule has 0 fully saturated rings. The van der Waals surface area contributed by atoms with Gasteiger partial charge in [-0.15, -0.1) is 0 Å². The minimum absolute atomic E-state index is 0.00823. The Hall–Kier alpha value is -3.35. The average molecular weight is 481 g/mol. The van der Waals surface area contributed by atoms with Crippen LogP contribution >= 0.6 is 11.6 Å². The van der Waals surface area contributed by atoms with Crippen molar-refractivity contribution in [3.05, 3.63) is 88.8 Å². The number of H-pyrrole nitrogens is 1. The quantitative estimate of drug-likeness (QED) is 0.285. The second kappa shape index (κ2) is 10.7. The molecule has 5 nitrogen and oxygen atoms in total. The lowest BCUT2D eigenvalue weighted by Gasteiger charge is -2.18. The van der Waals surface area contributed by atoms with Gasteiger partial charge in [0, 0.05) is 17.1 Å². The van der Waals surface area contributed by atoms with Crippen LogP contribution in [0, 0.1) is 5.82 Å². The van der Waals surface area contributed by atoms with Gasteiger partial charge in [0.05, 0.1) is 29.8 Å². The van der Waals surface area contributed by atoms with Crippen molar-refractivity contribution in [1.82, 2.24) is 10.3 Å². The predicted molar refractivity (Wildman–Crippen MR) is 133 cm³/mol. The number of fused-ring (bicyclic) bond motifs is 1. The third-order valence-electron chi connectivity index (χ3n) is 5.64. The van der Waals surface area contributed by atoms with Gasteiger partial charge in [0.25, 0.3) is 5.91 Å². The van der Waals surface area contributed by atoms with E-state index in [0.29, 0.717) is 35.5 Å². The van der Waals surface area contributed by atoms with Crippen LogP contribution in [-0.4, -0.2) is 35.3 Å². The third kappa shape index (κ3) is 5.24. The van der Waals surface area contributed by atoms with Gasteiger partial charge in [-0.1, -0.05) is 48.9 Å². The molecule has 0 saturated heterocycles. The maximum absolute atomic E-state index is 13.6. The van der Waals surface area contributed by atoms with Crippen LogP contribution in [0.5, 0.6) is 5.75 Å². The van der Waals surface area contributed by atoms with Gasteiger partial charge in [0.1, 0.15) is 11.6 Å². The van der Waals surface area contributed by atoms with Gasteiger partial charge >= 0.3 is 0 Å². The summed E-state index contributed by atoms with van der Waals surface area (Å²) in [7, 11) is 0. The molecule has 1 unspecified atom stereocenters. The number of carbonyl (C=O) groups excluding carboxylic acids is 1. The van der Waals surface area contributed by atoms with Crippen molar-refractivity contribution in [2.45, 2.75) is 25.8 Å². The summed E-state index contributed by atoms with van der Waals surface area (Å²) < 4.78 is 19.4. The molecule has 1 atom stereocenters. The zero-order chi connectivity index (χ0) is 24.1. The van der Waals surface area contributed by atoms with Gasteiger partial charge in [-0.3, -0.25) is 4.79 Å². The molecule has 0 aliphatic rings. The Morgan fingerprint density at radius 2 is 1.91 bits per heavy atom. The van der Waals surface area contributed by atoms with Crippen LogP contribution in [0.3, 0.4) is 0 Å². The van der Waals surface area contributed by atoms with Crippen molar-refractivity contribution >= 4 is 28.4 Å². The number of ether oxygens (including phenoxy) is 1. The largest absolute Gasteiger partial charge is 0.493 e. The number of carbonyl (C=O) groups is 1. The van der Waals surface area contributed by atoms with Crippen molar-refractivity contribution in [3.63, 3.8) is 0 Å². The molecule has 0 saturated carbocycles. The van der Waals surface area contributed by atoms with E-state index in [1.807, 2.05) is 37.4 Å². The van der Waals surface area contributed by atoms with Gasteiger partial charge in [0.2, 0.25) is 0 Å². The highest BCUT2D eigenvalue weighted by Crippen LogP contribution is 2.30. The van der Waals surface area contributed by atoms with E-state index in [1.165, 1.54) is 12.1 Å². The second-order valence-electron chi connectivity index (χ2n) is 8.10. The lowest BCUT2D eigenvalue weighted by molar-refractivity contribution is 0.0912. The summed E-state index contributed by atoms with van der Waals surface area (Å²) in [4.78, 5) is 16.5. The first kappa shape index (κ1) is 23.8. The molecule has 1 amide bonds. The number of aliphatic hydroxyl groups is 1. The second-order valence-corrected chi connectivity index (χ2v) is 8.51. The maximum Gasteiger partial charge on any atom is 0.255 e. The lowest BCUT2D eigenvalue weighted by atomic mass is 10.0. The fourth-order valence-corrected chi connectivity index (χ4v) is 4.07. The lowest BCUT2D eigenvalue weighted by Crippen LogP contribution is -2.39. The number of halogens is 2. The van der Waals surface area contributed by atoms with E-state index in [9.17, 15) is 14.3 Å². The SMILES string of the molecule is CCCOc1ccc(-c2ccc(F)c(Cl)c2)cc1C(=O)NC(CO)Cc1c[nH]c2ccccc12. The van der Waals surface area contributed by atoms with E-state index >= 15 is 0 Å². The highest BCUT2D eigenvalue weighted by Gasteiger charge is 2.20. The summed E-state index contributed by atoms with van der Waals surface area (Å²) in [5, 5.41) is 14.0. The average Bonchev–Trinajstić information content (AvgIpc) is 3.26. The van der Waals surface area contributed by atoms with Crippen molar-refractivity contribution in [2.24, 2.45) is 0 Å². The van der Waals surface area contributed by atoms with E-state index in [4.69, 9.17) is 16.3 Å². The Morgan fingerprint density at radius 1 is 1.15 bits per heavy atom. The Labute approximate surface area is 202 Å². The Balaban J connectivity index is 1.60. The van der Waals surface area contributed by atoms with E-state index in [0.717, 1.165) is 22.9 Å². The standard InChI is InChI=1S/C27H26ClFN2O3/c1-2-11-34-26-10-8-17(18-7-9-24(29)23(28)14-18)13-22(26)27(33)31-20(16-32)12-19-15-30-25-6-4-3-5-21(19)25/h3-10,13-15,20,30,32H,2,11-12,16H2,1H3,(H,31,33). The van der Waals surface area contributed by atoms with Crippen molar-refractivity contribution in [1.29, 1.82) is 0 Å². The van der Waals surface area contributed by atoms with Crippen LogP contribution < -0.4 is 10.1 Å². The number of aromatic amines is 1. The van der Waals surface area contributed by atoms with E-state index in [-0.39, 0.29) is 17.5 Å². The molecule has 0 aliphatic heterocycles. The molecule has 0 spiro atoms. The van der Waals surface area contributed by atoms with Crippen LogP contribution in [0.4, 0.5) is 4.39 Å². The van der Waals surface area contributed by atoms with Gasteiger partial charge in [-0.25, -0.2) is 4.39 Å². The Kier molecular flexibility index (Phi) is 7.50. The molecule has 7 heteroatoms. The predicted octanol–water partition coefficient (Wildman–Crippen LogP) is 5.75. The number of amides is 1. The fraction of sp³-hybridized carbons (Fsp3) is 0.222. The number of hydrogen-bond acceptors (Lipinski definition) is 3. The summed E-state index contributed by atoms with van der Waals surface area (Å²) in [6.07, 6.45) is 3.15. The number of benzene rings is 3. The minimum Gasteiger partial charge on any atom is -0.493 e. The first-order chi connectivity index (χ1) is 16.5. The molecular formula is C27H26ClFN2O3.